The van der Waals surface area contributed by atoms with Crippen LogP contribution in [-0.2, 0) is 9.59 Å². The van der Waals surface area contributed by atoms with Gasteiger partial charge in [-0.1, -0.05) is 6.07 Å². The lowest BCUT2D eigenvalue weighted by Gasteiger charge is -2.17. The van der Waals surface area contributed by atoms with Crippen LogP contribution in [0.2, 0.25) is 0 Å². The second kappa shape index (κ2) is 8.51. The molecule has 0 saturated carbocycles. The normalized spacial score (nSPS) is 16.0. The summed E-state index contributed by atoms with van der Waals surface area (Å²) in [5.74, 6) is -1.75. The van der Waals surface area contributed by atoms with Crippen LogP contribution in [0.4, 0.5) is 10.1 Å². The van der Waals surface area contributed by atoms with E-state index in [2.05, 4.69) is 10.9 Å². The highest BCUT2D eigenvalue weighted by Gasteiger charge is 2.35. The molecule has 1 aliphatic heterocycles. The number of halogens is 1. The first-order valence-electron chi connectivity index (χ1n) is 8.87. The fourth-order valence-electron chi connectivity index (χ4n) is 2.94. The van der Waals surface area contributed by atoms with Crippen molar-refractivity contribution in [1.29, 1.82) is 0 Å². The maximum Gasteiger partial charge on any atom is 0.269 e. The molecule has 1 heterocycles. The summed E-state index contributed by atoms with van der Waals surface area (Å²) >= 11 is 0. The zero-order valence-electron chi connectivity index (χ0n) is 15.3. The van der Waals surface area contributed by atoms with E-state index >= 15 is 0 Å². The molecule has 0 aliphatic carbocycles. The quantitative estimate of drug-likeness (QED) is 0.771. The molecule has 3 rings (SSSR count). The van der Waals surface area contributed by atoms with E-state index in [0.29, 0.717) is 18.0 Å². The van der Waals surface area contributed by atoms with Crippen LogP contribution >= 0.6 is 0 Å². The van der Waals surface area contributed by atoms with Gasteiger partial charge < -0.3 is 9.64 Å². The summed E-state index contributed by atoms with van der Waals surface area (Å²) in [6, 6.07) is 12.2. The van der Waals surface area contributed by atoms with Crippen molar-refractivity contribution >= 4 is 23.4 Å². The highest BCUT2D eigenvalue weighted by Crippen LogP contribution is 2.26. The molecule has 0 unspecified atom stereocenters. The Morgan fingerprint density at radius 2 is 1.93 bits per heavy atom. The Bertz CT molecular complexity index is 885. The SMILES string of the molecule is CCOc1ccc(N2C[C@@H](C(=O)NNC(=O)c3cccc(F)c3)CC2=O)cc1. The zero-order chi connectivity index (χ0) is 20.1. The van der Waals surface area contributed by atoms with Crippen LogP contribution < -0.4 is 20.5 Å². The van der Waals surface area contributed by atoms with Crippen molar-refractivity contribution in [2.75, 3.05) is 18.1 Å². The molecular weight excluding hydrogens is 365 g/mol. The molecule has 0 radical (unpaired) electrons. The lowest BCUT2D eigenvalue weighted by Crippen LogP contribution is -2.45. The van der Waals surface area contributed by atoms with Gasteiger partial charge in [-0.15, -0.1) is 0 Å². The Morgan fingerprint density at radius 3 is 2.61 bits per heavy atom. The number of nitrogens with one attached hydrogen (secondary N) is 2. The third kappa shape index (κ3) is 4.46. The van der Waals surface area contributed by atoms with Crippen LogP contribution in [0, 0.1) is 11.7 Å². The predicted molar refractivity (Wildman–Crippen MR) is 100 cm³/mol. The average Bonchev–Trinajstić information content (AvgIpc) is 3.08. The van der Waals surface area contributed by atoms with Gasteiger partial charge in [-0.3, -0.25) is 25.2 Å². The number of ether oxygens (including phenoxy) is 1. The number of hydrogen-bond acceptors (Lipinski definition) is 4. The molecule has 7 nitrogen and oxygen atoms in total. The van der Waals surface area contributed by atoms with E-state index in [1.54, 1.807) is 24.3 Å². The van der Waals surface area contributed by atoms with Gasteiger partial charge in [0.1, 0.15) is 11.6 Å². The van der Waals surface area contributed by atoms with Gasteiger partial charge in [0.05, 0.1) is 12.5 Å². The second-order valence-electron chi connectivity index (χ2n) is 6.29. The molecule has 3 amide bonds. The van der Waals surface area contributed by atoms with E-state index in [0.717, 1.165) is 6.07 Å². The molecule has 1 fully saturated rings. The van der Waals surface area contributed by atoms with E-state index in [1.807, 2.05) is 6.92 Å². The number of carbonyl (C=O) groups excluding carboxylic acids is 3. The first kappa shape index (κ1) is 19.3. The molecule has 146 valence electrons. The molecule has 1 aliphatic rings. The first-order chi connectivity index (χ1) is 13.5. The Kier molecular flexibility index (Phi) is 5.88. The minimum atomic E-state index is -0.638. The van der Waals surface area contributed by atoms with Gasteiger partial charge >= 0.3 is 0 Å². The molecule has 0 bridgehead atoms. The molecule has 2 aromatic carbocycles. The summed E-state index contributed by atoms with van der Waals surface area (Å²) < 4.78 is 18.5. The average molecular weight is 385 g/mol. The summed E-state index contributed by atoms with van der Waals surface area (Å²) in [7, 11) is 0. The van der Waals surface area contributed by atoms with Crippen molar-refractivity contribution in [3.63, 3.8) is 0 Å². The van der Waals surface area contributed by atoms with E-state index in [9.17, 15) is 18.8 Å². The maximum absolute atomic E-state index is 13.2. The largest absolute Gasteiger partial charge is 0.494 e. The van der Waals surface area contributed by atoms with Gasteiger partial charge in [0.25, 0.3) is 5.91 Å². The van der Waals surface area contributed by atoms with Gasteiger partial charge in [-0.05, 0) is 49.4 Å². The number of hydrazine groups is 1. The summed E-state index contributed by atoms with van der Waals surface area (Å²) in [6.45, 7) is 2.63. The lowest BCUT2D eigenvalue weighted by atomic mass is 10.1. The van der Waals surface area contributed by atoms with Crippen LogP contribution in [0.1, 0.15) is 23.7 Å². The minimum absolute atomic E-state index is 0.0366. The van der Waals surface area contributed by atoms with E-state index in [4.69, 9.17) is 4.74 Å². The van der Waals surface area contributed by atoms with Crippen molar-refractivity contribution in [3.8, 4) is 5.75 Å². The Balaban J connectivity index is 1.56. The molecule has 2 N–H and O–H groups in total. The molecule has 1 saturated heterocycles. The van der Waals surface area contributed by atoms with Gasteiger partial charge in [-0.25, -0.2) is 4.39 Å². The molecule has 0 aromatic heterocycles. The zero-order valence-corrected chi connectivity index (χ0v) is 15.3. The van der Waals surface area contributed by atoms with Crippen molar-refractivity contribution in [2.45, 2.75) is 13.3 Å². The fourth-order valence-corrected chi connectivity index (χ4v) is 2.94. The second-order valence-corrected chi connectivity index (χ2v) is 6.29. The molecule has 28 heavy (non-hydrogen) atoms. The number of nitrogens with zero attached hydrogens (tertiary/aromatic N) is 1. The lowest BCUT2D eigenvalue weighted by molar-refractivity contribution is -0.126. The van der Waals surface area contributed by atoms with Crippen molar-refractivity contribution < 1.29 is 23.5 Å². The molecule has 2 aromatic rings. The number of benzene rings is 2. The molecule has 0 spiro atoms. The third-order valence-corrected chi connectivity index (χ3v) is 4.34. The predicted octanol–water partition coefficient (Wildman–Crippen LogP) is 2.04. The smallest absolute Gasteiger partial charge is 0.269 e. The van der Waals surface area contributed by atoms with Gasteiger partial charge in [0.2, 0.25) is 11.8 Å². The van der Waals surface area contributed by atoms with E-state index < -0.39 is 23.5 Å². The fraction of sp³-hybridized carbons (Fsp3) is 0.250. The van der Waals surface area contributed by atoms with Gasteiger partial charge in [0.15, 0.2) is 0 Å². The molecular formula is C20H20FN3O4. The topological polar surface area (TPSA) is 87.7 Å². The number of rotatable bonds is 5. The van der Waals surface area contributed by atoms with Crippen LogP contribution in [0.3, 0.4) is 0 Å². The summed E-state index contributed by atoms with van der Waals surface area (Å²) in [4.78, 5) is 38.1. The van der Waals surface area contributed by atoms with Gasteiger partial charge in [0, 0.05) is 24.2 Å². The summed E-state index contributed by atoms with van der Waals surface area (Å²) in [5, 5.41) is 0. The van der Waals surface area contributed by atoms with Crippen LogP contribution in [0.15, 0.2) is 48.5 Å². The summed E-state index contributed by atoms with van der Waals surface area (Å²) in [5.41, 5.74) is 5.30. The van der Waals surface area contributed by atoms with Crippen LogP contribution in [-0.4, -0.2) is 30.9 Å². The highest BCUT2D eigenvalue weighted by molar-refractivity contribution is 6.01. The Morgan fingerprint density at radius 1 is 1.18 bits per heavy atom. The standard InChI is InChI=1S/C20H20FN3O4/c1-2-28-17-8-6-16(7-9-17)24-12-14(11-18(24)25)20(27)23-22-19(26)13-4-3-5-15(21)10-13/h3-10,14H,2,11-12H2,1H3,(H,22,26)(H,23,27)/t14-/m0/s1. The highest BCUT2D eigenvalue weighted by atomic mass is 19.1. The molecule has 1 atom stereocenters. The van der Waals surface area contributed by atoms with Crippen molar-refractivity contribution in [2.24, 2.45) is 5.92 Å². The van der Waals surface area contributed by atoms with E-state index in [1.165, 1.54) is 23.1 Å². The first-order valence-corrected chi connectivity index (χ1v) is 8.87. The Labute approximate surface area is 161 Å². The monoisotopic (exact) mass is 385 g/mol. The summed E-state index contributed by atoms with van der Waals surface area (Å²) in [6.07, 6.45) is 0.0366. The Hall–Kier alpha value is -3.42. The van der Waals surface area contributed by atoms with Crippen LogP contribution in [0.25, 0.3) is 0 Å². The van der Waals surface area contributed by atoms with Crippen molar-refractivity contribution in [1.82, 2.24) is 10.9 Å². The van der Waals surface area contributed by atoms with Crippen LogP contribution in [0.5, 0.6) is 5.75 Å². The molecule has 8 heteroatoms. The van der Waals surface area contributed by atoms with E-state index in [-0.39, 0.29) is 24.4 Å². The number of amides is 3. The maximum atomic E-state index is 13.2. The number of carbonyl (C=O) groups is 3. The minimum Gasteiger partial charge on any atom is -0.494 e. The van der Waals surface area contributed by atoms with Gasteiger partial charge in [-0.2, -0.15) is 0 Å². The third-order valence-electron chi connectivity index (χ3n) is 4.34. The number of hydrogen-bond donors (Lipinski definition) is 2. The van der Waals surface area contributed by atoms with Crippen molar-refractivity contribution in [3.05, 3.63) is 59.9 Å². The number of anilines is 1.